The summed E-state index contributed by atoms with van der Waals surface area (Å²) in [5.41, 5.74) is 4.00. The molecule has 0 amide bonds. The highest BCUT2D eigenvalue weighted by Crippen LogP contribution is 2.38. The summed E-state index contributed by atoms with van der Waals surface area (Å²) in [6.45, 7) is 6.46. The molecule has 0 aliphatic carbocycles. The van der Waals surface area contributed by atoms with Crippen LogP contribution in [0.4, 0.5) is 5.69 Å². The Morgan fingerprint density at radius 3 is 2.16 bits per heavy atom. The van der Waals surface area contributed by atoms with Gasteiger partial charge in [-0.05, 0) is 40.8 Å². The third-order valence-corrected chi connectivity index (χ3v) is 5.10. The number of rotatable bonds is 4. The molecule has 0 saturated carbocycles. The second-order valence-electron chi connectivity index (χ2n) is 8.16. The van der Waals surface area contributed by atoms with Gasteiger partial charge in [-0.1, -0.05) is 63.2 Å². The number of allylic oxidation sites excluding steroid dienone is 2. The zero-order valence-electron chi connectivity index (χ0n) is 18.5. The summed E-state index contributed by atoms with van der Waals surface area (Å²) >= 11 is 0. The standard InChI is InChI=1S/C26H27NO4/c1-26(2,3)19-14-15-22(21(17-19)18-11-7-6-8-12-18)27-16-10-9-13-20(24(28)30-4)23(27)25(29)31-5/h6-17H,1-5H3. The summed E-state index contributed by atoms with van der Waals surface area (Å²) in [4.78, 5) is 27.0. The molecule has 2 aromatic rings. The van der Waals surface area contributed by atoms with Gasteiger partial charge < -0.3 is 14.4 Å². The number of hydrogen-bond acceptors (Lipinski definition) is 5. The number of anilines is 1. The van der Waals surface area contributed by atoms with E-state index in [1.54, 1.807) is 29.3 Å². The topological polar surface area (TPSA) is 55.8 Å². The first kappa shape index (κ1) is 22.1. The fraction of sp³-hybridized carbons (Fsp3) is 0.231. The van der Waals surface area contributed by atoms with Crippen molar-refractivity contribution in [3.05, 3.63) is 89.8 Å². The number of benzene rings is 2. The Hall–Kier alpha value is -3.60. The lowest BCUT2D eigenvalue weighted by Crippen LogP contribution is -2.27. The quantitative estimate of drug-likeness (QED) is 0.645. The van der Waals surface area contributed by atoms with Crippen LogP contribution in [0, 0.1) is 0 Å². The highest BCUT2D eigenvalue weighted by molar-refractivity contribution is 6.06. The number of hydrogen-bond donors (Lipinski definition) is 0. The van der Waals surface area contributed by atoms with Gasteiger partial charge in [-0.3, -0.25) is 0 Å². The monoisotopic (exact) mass is 417 g/mol. The first-order valence-electron chi connectivity index (χ1n) is 10.0. The number of ether oxygens (including phenoxy) is 2. The van der Waals surface area contributed by atoms with E-state index in [0.717, 1.165) is 22.4 Å². The van der Waals surface area contributed by atoms with Crippen LogP contribution in [-0.2, 0) is 24.5 Å². The van der Waals surface area contributed by atoms with Gasteiger partial charge in [0.05, 0.1) is 25.5 Å². The number of nitrogens with zero attached hydrogens (tertiary/aromatic N) is 1. The molecule has 31 heavy (non-hydrogen) atoms. The van der Waals surface area contributed by atoms with E-state index in [0.29, 0.717) is 0 Å². The Morgan fingerprint density at radius 2 is 1.55 bits per heavy atom. The summed E-state index contributed by atoms with van der Waals surface area (Å²) in [6, 6.07) is 16.1. The predicted molar refractivity (Wildman–Crippen MR) is 122 cm³/mol. The lowest BCUT2D eigenvalue weighted by Gasteiger charge is -2.28. The third-order valence-electron chi connectivity index (χ3n) is 5.10. The fourth-order valence-corrected chi connectivity index (χ4v) is 3.41. The highest BCUT2D eigenvalue weighted by Gasteiger charge is 2.29. The predicted octanol–water partition coefficient (Wildman–Crippen LogP) is 5.14. The second-order valence-corrected chi connectivity index (χ2v) is 8.16. The van der Waals surface area contributed by atoms with E-state index in [4.69, 9.17) is 9.47 Å². The zero-order valence-corrected chi connectivity index (χ0v) is 18.5. The number of esters is 2. The lowest BCUT2D eigenvalue weighted by molar-refractivity contribution is -0.139. The Labute approximate surface area is 183 Å². The molecule has 0 spiro atoms. The Bertz CT molecular complexity index is 1070. The van der Waals surface area contributed by atoms with Crippen molar-refractivity contribution in [3.8, 4) is 11.1 Å². The zero-order chi connectivity index (χ0) is 22.6. The number of carbonyl (C=O) groups excluding carboxylic acids is 2. The average Bonchev–Trinajstić information content (AvgIpc) is 3.00. The van der Waals surface area contributed by atoms with E-state index in [-0.39, 0.29) is 16.7 Å². The molecule has 3 rings (SSSR count). The molecule has 1 heterocycles. The Balaban J connectivity index is 2.31. The van der Waals surface area contributed by atoms with E-state index in [1.807, 2.05) is 42.5 Å². The molecule has 160 valence electrons. The van der Waals surface area contributed by atoms with E-state index in [2.05, 4.69) is 26.8 Å². The van der Waals surface area contributed by atoms with Crippen LogP contribution < -0.4 is 4.90 Å². The molecule has 2 aromatic carbocycles. The maximum atomic E-state index is 12.8. The van der Waals surface area contributed by atoms with Crippen molar-refractivity contribution in [1.29, 1.82) is 0 Å². The van der Waals surface area contributed by atoms with Gasteiger partial charge in [0.1, 0.15) is 5.70 Å². The summed E-state index contributed by atoms with van der Waals surface area (Å²) in [5.74, 6) is -1.24. The van der Waals surface area contributed by atoms with Gasteiger partial charge in [0.15, 0.2) is 0 Å². The van der Waals surface area contributed by atoms with Crippen molar-refractivity contribution >= 4 is 17.6 Å². The van der Waals surface area contributed by atoms with E-state index >= 15 is 0 Å². The fourth-order valence-electron chi connectivity index (χ4n) is 3.41. The van der Waals surface area contributed by atoms with Crippen molar-refractivity contribution in [3.63, 3.8) is 0 Å². The summed E-state index contributed by atoms with van der Waals surface area (Å²) in [5, 5.41) is 0. The normalized spacial score (nSPS) is 13.8. The Morgan fingerprint density at radius 1 is 0.871 bits per heavy atom. The average molecular weight is 418 g/mol. The van der Waals surface area contributed by atoms with Crippen LogP contribution in [0.25, 0.3) is 11.1 Å². The third kappa shape index (κ3) is 4.61. The molecule has 1 aliphatic rings. The first-order chi connectivity index (χ1) is 14.8. The van der Waals surface area contributed by atoms with Crippen LogP contribution in [0.5, 0.6) is 0 Å². The van der Waals surface area contributed by atoms with Crippen molar-refractivity contribution in [2.24, 2.45) is 0 Å². The van der Waals surface area contributed by atoms with E-state index < -0.39 is 11.9 Å². The molecule has 0 N–H and O–H groups in total. The lowest BCUT2D eigenvalue weighted by atomic mass is 9.84. The number of carbonyl (C=O) groups is 2. The molecule has 0 bridgehead atoms. The minimum atomic E-state index is -0.629. The first-order valence-corrected chi connectivity index (χ1v) is 10.0. The van der Waals surface area contributed by atoms with Crippen molar-refractivity contribution in [2.75, 3.05) is 19.1 Å². The van der Waals surface area contributed by atoms with E-state index in [9.17, 15) is 9.59 Å². The van der Waals surface area contributed by atoms with Gasteiger partial charge in [-0.25, -0.2) is 9.59 Å². The minimum absolute atomic E-state index is 0.0591. The highest BCUT2D eigenvalue weighted by atomic mass is 16.5. The largest absolute Gasteiger partial charge is 0.465 e. The van der Waals surface area contributed by atoms with Crippen molar-refractivity contribution < 1.29 is 19.1 Å². The molecule has 0 saturated heterocycles. The van der Waals surface area contributed by atoms with E-state index in [1.165, 1.54) is 14.2 Å². The van der Waals surface area contributed by atoms with Crippen molar-refractivity contribution in [2.45, 2.75) is 26.2 Å². The van der Waals surface area contributed by atoms with Crippen LogP contribution in [0.2, 0.25) is 0 Å². The van der Waals surface area contributed by atoms with Crippen LogP contribution >= 0.6 is 0 Å². The molecule has 5 heteroatoms. The van der Waals surface area contributed by atoms with Gasteiger partial charge in [0, 0.05) is 11.8 Å². The van der Waals surface area contributed by atoms with Gasteiger partial charge in [-0.2, -0.15) is 0 Å². The summed E-state index contributed by atoms with van der Waals surface area (Å²) in [7, 11) is 2.58. The molecule has 0 atom stereocenters. The molecular weight excluding hydrogens is 390 g/mol. The van der Waals surface area contributed by atoms with Crippen LogP contribution in [0.3, 0.4) is 0 Å². The molecule has 5 nitrogen and oxygen atoms in total. The van der Waals surface area contributed by atoms with Gasteiger partial charge in [0.2, 0.25) is 0 Å². The molecule has 0 fully saturated rings. The van der Waals surface area contributed by atoms with Crippen molar-refractivity contribution in [1.82, 2.24) is 0 Å². The smallest absolute Gasteiger partial charge is 0.355 e. The SMILES string of the molecule is COC(=O)C1=C(C(=O)OC)N(c2ccc(C(C)(C)C)cc2-c2ccccc2)C=CC=C1. The second kappa shape index (κ2) is 9.04. The van der Waals surface area contributed by atoms with Crippen LogP contribution in [0.15, 0.2) is 84.2 Å². The maximum absolute atomic E-state index is 12.8. The molecule has 0 unspecified atom stereocenters. The molecule has 1 aliphatic heterocycles. The number of methoxy groups -OCH3 is 2. The summed E-state index contributed by atoms with van der Waals surface area (Å²) in [6.07, 6.45) is 6.77. The molecular formula is C26H27NO4. The molecule has 0 radical (unpaired) electrons. The van der Waals surface area contributed by atoms with Gasteiger partial charge >= 0.3 is 11.9 Å². The minimum Gasteiger partial charge on any atom is -0.465 e. The van der Waals surface area contributed by atoms with Gasteiger partial charge in [-0.15, -0.1) is 0 Å². The summed E-state index contributed by atoms with van der Waals surface area (Å²) < 4.78 is 9.95. The van der Waals surface area contributed by atoms with Crippen LogP contribution in [0.1, 0.15) is 26.3 Å². The van der Waals surface area contributed by atoms with Crippen LogP contribution in [-0.4, -0.2) is 26.2 Å². The van der Waals surface area contributed by atoms with Gasteiger partial charge in [0.25, 0.3) is 0 Å². The maximum Gasteiger partial charge on any atom is 0.355 e. The molecule has 0 aromatic heterocycles. The Kier molecular flexibility index (Phi) is 6.44.